The van der Waals surface area contributed by atoms with Crippen molar-refractivity contribution in [2.75, 3.05) is 0 Å². The molecule has 2 aromatic rings. The van der Waals surface area contributed by atoms with Gasteiger partial charge >= 0.3 is 0 Å². The lowest BCUT2D eigenvalue weighted by molar-refractivity contribution is -0.384. The Morgan fingerprint density at radius 2 is 2.00 bits per heavy atom. The molecular formula is C23H27NO4. The zero-order chi connectivity index (χ0) is 20.4. The van der Waals surface area contributed by atoms with Crippen molar-refractivity contribution in [3.05, 3.63) is 70.5 Å². The third-order valence-corrected chi connectivity index (χ3v) is 5.10. The molecule has 0 amide bonds. The number of ether oxygens (including phenoxy) is 1. The minimum Gasteiger partial charge on any atom is -0.487 e. The van der Waals surface area contributed by atoms with Crippen LogP contribution in [-0.2, 0) is 0 Å². The Bertz CT molecular complexity index is 905. The first kappa shape index (κ1) is 19.9. The Morgan fingerprint density at radius 1 is 1.21 bits per heavy atom. The first-order valence-corrected chi connectivity index (χ1v) is 9.55. The van der Waals surface area contributed by atoms with E-state index in [0.717, 1.165) is 19.3 Å². The van der Waals surface area contributed by atoms with Crippen molar-refractivity contribution in [1.29, 1.82) is 0 Å². The largest absolute Gasteiger partial charge is 0.487 e. The summed E-state index contributed by atoms with van der Waals surface area (Å²) in [6.07, 6.45) is 11.0. The van der Waals surface area contributed by atoms with E-state index < -0.39 is 10.5 Å². The van der Waals surface area contributed by atoms with Crippen LogP contribution in [0.4, 0.5) is 5.69 Å². The fourth-order valence-electron chi connectivity index (χ4n) is 4.02. The van der Waals surface area contributed by atoms with Gasteiger partial charge in [0.25, 0.3) is 5.69 Å². The van der Waals surface area contributed by atoms with Gasteiger partial charge in [-0.15, -0.1) is 0 Å². The number of benzene rings is 1. The molecule has 1 aromatic heterocycles. The molecule has 5 nitrogen and oxygen atoms in total. The molecular weight excluding hydrogens is 354 g/mol. The molecule has 0 spiro atoms. The van der Waals surface area contributed by atoms with Crippen LogP contribution < -0.4 is 4.74 Å². The Hall–Kier alpha value is -2.82. The summed E-state index contributed by atoms with van der Waals surface area (Å²) in [5.74, 6) is 1.13. The molecule has 3 rings (SSSR count). The summed E-state index contributed by atoms with van der Waals surface area (Å²) in [5, 5.41) is 11.2. The van der Waals surface area contributed by atoms with Crippen LogP contribution in [-0.4, -0.2) is 10.5 Å². The highest BCUT2D eigenvalue weighted by Gasteiger charge is 2.34. The minimum atomic E-state index is -0.469. The molecule has 0 aliphatic heterocycles. The van der Waals surface area contributed by atoms with E-state index in [1.54, 1.807) is 24.5 Å². The van der Waals surface area contributed by atoms with E-state index in [9.17, 15) is 10.1 Å². The van der Waals surface area contributed by atoms with Gasteiger partial charge in [0.05, 0.1) is 16.7 Å². The summed E-state index contributed by atoms with van der Waals surface area (Å²) in [7, 11) is 0. The fraction of sp³-hybridized carbons (Fsp3) is 0.391. The number of hydrogen-bond donors (Lipinski definition) is 0. The van der Waals surface area contributed by atoms with E-state index in [1.165, 1.54) is 17.7 Å². The van der Waals surface area contributed by atoms with Gasteiger partial charge in [-0.3, -0.25) is 10.1 Å². The molecule has 1 aromatic carbocycles. The van der Waals surface area contributed by atoms with Crippen molar-refractivity contribution in [2.45, 2.75) is 52.6 Å². The summed E-state index contributed by atoms with van der Waals surface area (Å²) < 4.78 is 11.9. The molecule has 0 bridgehead atoms. The van der Waals surface area contributed by atoms with Gasteiger partial charge in [0.2, 0.25) is 0 Å². The molecule has 0 saturated carbocycles. The number of nitrogens with zero attached hydrogens (tertiary/aromatic N) is 1. The van der Waals surface area contributed by atoms with Crippen molar-refractivity contribution >= 4 is 5.69 Å². The number of nitro benzene ring substituents is 1. The highest BCUT2D eigenvalue weighted by molar-refractivity contribution is 5.69. The van der Waals surface area contributed by atoms with Crippen LogP contribution in [0, 0.1) is 15.5 Å². The van der Waals surface area contributed by atoms with Gasteiger partial charge in [0, 0.05) is 12.1 Å². The maximum Gasteiger partial charge on any atom is 0.270 e. The van der Waals surface area contributed by atoms with Crippen molar-refractivity contribution in [3.8, 4) is 17.1 Å². The third-order valence-electron chi connectivity index (χ3n) is 5.10. The average molecular weight is 381 g/mol. The molecule has 0 fully saturated rings. The summed E-state index contributed by atoms with van der Waals surface area (Å²) in [6, 6.07) is 8.17. The highest BCUT2D eigenvalue weighted by atomic mass is 16.6. The molecule has 0 radical (unpaired) electrons. The maximum absolute atomic E-state index is 11.2. The SMILES string of the molecule is CC(C)(CC(C)(C)C1=CC=CCC1)Oc1ccc([N+](=O)[O-])cc1-c1ccco1. The van der Waals surface area contributed by atoms with E-state index in [0.29, 0.717) is 17.1 Å². The van der Waals surface area contributed by atoms with E-state index in [4.69, 9.17) is 9.15 Å². The number of rotatable bonds is 7. The lowest BCUT2D eigenvalue weighted by Gasteiger charge is -2.38. The van der Waals surface area contributed by atoms with E-state index in [1.807, 2.05) is 0 Å². The van der Waals surface area contributed by atoms with Crippen LogP contribution in [0.25, 0.3) is 11.3 Å². The van der Waals surface area contributed by atoms with E-state index >= 15 is 0 Å². The number of non-ortho nitro benzene ring substituents is 1. The van der Waals surface area contributed by atoms with Gasteiger partial charge in [-0.25, -0.2) is 0 Å². The number of furan rings is 1. The van der Waals surface area contributed by atoms with Crippen LogP contribution in [0.2, 0.25) is 0 Å². The zero-order valence-corrected chi connectivity index (χ0v) is 16.9. The smallest absolute Gasteiger partial charge is 0.270 e. The van der Waals surface area contributed by atoms with E-state index in [2.05, 4.69) is 45.9 Å². The standard InChI is InChI=1S/C23H27NO4/c1-22(2,17-9-6-5-7-10-17)16-23(3,4)28-21-13-12-18(24(25)26)15-19(21)20-11-8-14-27-20/h5-6,8-9,11-15H,7,10,16H2,1-4H3. The second-order valence-corrected chi connectivity index (χ2v) is 8.50. The van der Waals surface area contributed by atoms with Crippen LogP contribution in [0.15, 0.2) is 64.8 Å². The lowest BCUT2D eigenvalue weighted by Crippen LogP contribution is -2.35. The highest BCUT2D eigenvalue weighted by Crippen LogP contribution is 2.42. The van der Waals surface area contributed by atoms with Crippen molar-refractivity contribution < 1.29 is 14.1 Å². The molecule has 1 heterocycles. The van der Waals surface area contributed by atoms with Crippen LogP contribution in [0.1, 0.15) is 47.0 Å². The Morgan fingerprint density at radius 3 is 2.61 bits per heavy atom. The summed E-state index contributed by atoms with van der Waals surface area (Å²) in [4.78, 5) is 10.8. The maximum atomic E-state index is 11.2. The van der Waals surface area contributed by atoms with Gasteiger partial charge in [0.15, 0.2) is 0 Å². The Labute approximate surface area is 165 Å². The fourth-order valence-corrected chi connectivity index (χ4v) is 4.02. The van der Waals surface area contributed by atoms with Gasteiger partial charge < -0.3 is 9.15 Å². The molecule has 28 heavy (non-hydrogen) atoms. The predicted molar refractivity (Wildman–Crippen MR) is 110 cm³/mol. The number of nitro groups is 1. The van der Waals surface area contributed by atoms with Crippen molar-refractivity contribution in [2.24, 2.45) is 5.41 Å². The first-order valence-electron chi connectivity index (χ1n) is 9.55. The van der Waals surface area contributed by atoms with Gasteiger partial charge in [0.1, 0.15) is 17.1 Å². The second kappa shape index (κ2) is 7.66. The third kappa shape index (κ3) is 4.53. The summed E-state index contributed by atoms with van der Waals surface area (Å²) in [5.41, 5.74) is 1.53. The number of allylic oxidation sites excluding steroid dienone is 4. The normalized spacial score (nSPS) is 14.6. The van der Waals surface area contributed by atoms with E-state index in [-0.39, 0.29) is 11.1 Å². The van der Waals surface area contributed by atoms with Gasteiger partial charge in [-0.1, -0.05) is 37.6 Å². The van der Waals surface area contributed by atoms with Crippen molar-refractivity contribution in [3.63, 3.8) is 0 Å². The molecule has 1 aliphatic carbocycles. The molecule has 0 atom stereocenters. The van der Waals surface area contributed by atoms with Crippen molar-refractivity contribution in [1.82, 2.24) is 0 Å². The van der Waals surface area contributed by atoms with Gasteiger partial charge in [-0.2, -0.15) is 0 Å². The average Bonchev–Trinajstić information content (AvgIpc) is 3.16. The summed E-state index contributed by atoms with van der Waals surface area (Å²) >= 11 is 0. The Balaban J connectivity index is 1.88. The quantitative estimate of drug-likeness (QED) is 0.395. The topological polar surface area (TPSA) is 65.5 Å². The zero-order valence-electron chi connectivity index (χ0n) is 16.9. The minimum absolute atomic E-state index is 0.0102. The molecule has 0 saturated heterocycles. The monoisotopic (exact) mass is 381 g/mol. The molecule has 5 heteroatoms. The summed E-state index contributed by atoms with van der Waals surface area (Å²) in [6.45, 7) is 8.60. The van der Waals surface area contributed by atoms with Gasteiger partial charge in [-0.05, 0) is 56.7 Å². The molecule has 0 unspecified atom stereocenters. The first-order chi connectivity index (χ1) is 13.2. The number of hydrogen-bond acceptors (Lipinski definition) is 4. The molecule has 0 N–H and O–H groups in total. The van der Waals surface area contributed by atoms with Crippen LogP contribution in [0.3, 0.4) is 0 Å². The Kier molecular flexibility index (Phi) is 5.45. The van der Waals surface area contributed by atoms with Crippen LogP contribution in [0.5, 0.6) is 5.75 Å². The molecule has 148 valence electrons. The second-order valence-electron chi connectivity index (χ2n) is 8.50. The van der Waals surface area contributed by atoms with Crippen LogP contribution >= 0.6 is 0 Å². The molecule has 1 aliphatic rings. The predicted octanol–water partition coefficient (Wildman–Crippen LogP) is 6.70. The lowest BCUT2D eigenvalue weighted by atomic mass is 9.73.